The molecule has 0 aliphatic carbocycles. The molecule has 3 rings (SSSR count). The number of piperidine rings is 1. The lowest BCUT2D eigenvalue weighted by Crippen LogP contribution is -2.39. The highest BCUT2D eigenvalue weighted by Gasteiger charge is 2.23. The number of nitrogens with one attached hydrogen (secondary N) is 1. The topological polar surface area (TPSA) is 109 Å². The monoisotopic (exact) mass is 374 g/mol. The Bertz CT molecular complexity index is 799. The van der Waals surface area contributed by atoms with Gasteiger partial charge in [0.25, 0.3) is 5.91 Å². The van der Waals surface area contributed by atoms with Crippen molar-refractivity contribution < 1.29 is 14.7 Å². The Morgan fingerprint density at radius 1 is 1.38 bits per heavy atom. The average molecular weight is 374 g/mol. The minimum Gasteiger partial charge on any atom is -0.478 e. The van der Waals surface area contributed by atoms with Gasteiger partial charge in [0.1, 0.15) is 5.82 Å². The number of aryl methyl sites for hydroxylation is 1. The van der Waals surface area contributed by atoms with Crippen LogP contribution in [-0.4, -0.2) is 46.0 Å². The highest BCUT2D eigenvalue weighted by Crippen LogP contribution is 2.22. The summed E-state index contributed by atoms with van der Waals surface area (Å²) in [6.45, 7) is 4.48. The van der Waals surface area contributed by atoms with Crippen LogP contribution >= 0.6 is 11.3 Å². The SMILES string of the molecule is Cc1nc(NC2CCN(Cc3cccs3)CC2)c(C(N)=O)cc1C(=O)O. The third kappa shape index (κ3) is 4.20. The number of carboxylic acids is 1. The zero-order valence-corrected chi connectivity index (χ0v) is 15.4. The summed E-state index contributed by atoms with van der Waals surface area (Å²) in [5.41, 5.74) is 5.89. The van der Waals surface area contributed by atoms with Crippen LogP contribution < -0.4 is 11.1 Å². The first kappa shape index (κ1) is 18.3. The number of hydrogen-bond acceptors (Lipinski definition) is 6. The Morgan fingerprint density at radius 3 is 2.69 bits per heavy atom. The van der Waals surface area contributed by atoms with Crippen molar-refractivity contribution in [2.24, 2.45) is 5.73 Å². The molecular formula is C18H22N4O3S. The number of primary amides is 1. The normalized spacial score (nSPS) is 15.7. The average Bonchev–Trinajstić information content (AvgIpc) is 3.09. The molecule has 0 bridgehead atoms. The quantitative estimate of drug-likeness (QED) is 0.716. The molecule has 0 spiro atoms. The maximum Gasteiger partial charge on any atom is 0.337 e. The molecular weight excluding hydrogens is 352 g/mol. The number of hydrogen-bond donors (Lipinski definition) is 3. The number of carbonyl (C=O) groups is 2. The van der Waals surface area contributed by atoms with Crippen molar-refractivity contribution in [2.75, 3.05) is 18.4 Å². The molecule has 7 nitrogen and oxygen atoms in total. The number of aromatic nitrogens is 1. The molecule has 0 aromatic carbocycles. The number of aromatic carboxylic acids is 1. The fraction of sp³-hybridized carbons (Fsp3) is 0.389. The van der Waals surface area contributed by atoms with Crippen LogP contribution in [0.5, 0.6) is 0 Å². The maximum atomic E-state index is 11.7. The lowest BCUT2D eigenvalue weighted by atomic mass is 10.0. The predicted molar refractivity (Wildman–Crippen MR) is 101 cm³/mol. The number of anilines is 1. The van der Waals surface area contributed by atoms with Crippen LogP contribution in [0.4, 0.5) is 5.82 Å². The summed E-state index contributed by atoms with van der Waals surface area (Å²) in [6, 6.07) is 5.69. The number of nitrogens with two attached hydrogens (primary N) is 1. The van der Waals surface area contributed by atoms with Crippen LogP contribution in [0.15, 0.2) is 23.6 Å². The van der Waals surface area contributed by atoms with E-state index in [4.69, 9.17) is 5.73 Å². The molecule has 0 saturated carbocycles. The van der Waals surface area contributed by atoms with Crippen molar-refractivity contribution in [3.63, 3.8) is 0 Å². The summed E-state index contributed by atoms with van der Waals surface area (Å²) < 4.78 is 0. The first-order chi connectivity index (χ1) is 12.4. The molecule has 0 radical (unpaired) electrons. The van der Waals surface area contributed by atoms with Crippen LogP contribution in [0.2, 0.25) is 0 Å². The molecule has 4 N–H and O–H groups in total. The van der Waals surface area contributed by atoms with E-state index in [1.165, 1.54) is 10.9 Å². The van der Waals surface area contributed by atoms with E-state index in [1.807, 2.05) is 0 Å². The third-order valence-corrected chi connectivity index (χ3v) is 5.46. The highest BCUT2D eigenvalue weighted by molar-refractivity contribution is 7.09. The molecule has 1 amide bonds. The summed E-state index contributed by atoms with van der Waals surface area (Å²) in [4.78, 5) is 31.0. The van der Waals surface area contributed by atoms with Gasteiger partial charge in [0.2, 0.25) is 0 Å². The van der Waals surface area contributed by atoms with E-state index >= 15 is 0 Å². The van der Waals surface area contributed by atoms with Crippen molar-refractivity contribution in [2.45, 2.75) is 32.4 Å². The van der Waals surface area contributed by atoms with Gasteiger partial charge in [0.05, 0.1) is 16.8 Å². The molecule has 8 heteroatoms. The van der Waals surface area contributed by atoms with Crippen LogP contribution in [0.3, 0.4) is 0 Å². The highest BCUT2D eigenvalue weighted by atomic mass is 32.1. The zero-order valence-electron chi connectivity index (χ0n) is 14.6. The van der Waals surface area contributed by atoms with E-state index in [0.717, 1.165) is 32.5 Å². The number of carboxylic acid groups (broad SMARTS) is 1. The summed E-state index contributed by atoms with van der Waals surface area (Å²) in [5.74, 6) is -1.43. The van der Waals surface area contributed by atoms with E-state index in [9.17, 15) is 14.7 Å². The fourth-order valence-corrected chi connectivity index (χ4v) is 3.92. The molecule has 2 aromatic rings. The first-order valence-electron chi connectivity index (χ1n) is 8.50. The van der Waals surface area contributed by atoms with Gasteiger partial charge in [0, 0.05) is 30.6 Å². The van der Waals surface area contributed by atoms with Gasteiger partial charge in [0.15, 0.2) is 0 Å². The summed E-state index contributed by atoms with van der Waals surface area (Å²) >= 11 is 1.76. The van der Waals surface area contributed by atoms with E-state index in [2.05, 4.69) is 32.7 Å². The van der Waals surface area contributed by atoms with Crippen molar-refractivity contribution >= 4 is 29.0 Å². The lowest BCUT2D eigenvalue weighted by Gasteiger charge is -2.32. The van der Waals surface area contributed by atoms with E-state index in [-0.39, 0.29) is 17.2 Å². The van der Waals surface area contributed by atoms with Gasteiger partial charge in [-0.25, -0.2) is 9.78 Å². The number of pyridine rings is 1. The number of thiophene rings is 1. The molecule has 1 aliphatic heterocycles. The maximum absolute atomic E-state index is 11.7. The van der Waals surface area contributed by atoms with Crippen molar-refractivity contribution in [1.82, 2.24) is 9.88 Å². The molecule has 1 saturated heterocycles. The smallest absolute Gasteiger partial charge is 0.337 e. The minimum atomic E-state index is -1.12. The summed E-state index contributed by atoms with van der Waals surface area (Å²) in [5, 5.41) is 14.6. The Balaban J connectivity index is 1.67. The third-order valence-electron chi connectivity index (χ3n) is 4.60. The van der Waals surface area contributed by atoms with E-state index < -0.39 is 11.9 Å². The molecule has 1 fully saturated rings. The van der Waals surface area contributed by atoms with Crippen LogP contribution in [0, 0.1) is 6.92 Å². The molecule has 26 heavy (non-hydrogen) atoms. The largest absolute Gasteiger partial charge is 0.478 e. The fourth-order valence-electron chi connectivity index (χ4n) is 3.17. The molecule has 3 heterocycles. The second-order valence-corrected chi connectivity index (χ2v) is 7.49. The minimum absolute atomic E-state index is 0.00452. The zero-order chi connectivity index (χ0) is 18.7. The lowest BCUT2D eigenvalue weighted by molar-refractivity contribution is 0.0695. The summed E-state index contributed by atoms with van der Waals surface area (Å²) in [7, 11) is 0. The van der Waals surface area contributed by atoms with Crippen molar-refractivity contribution in [3.05, 3.63) is 45.3 Å². The Kier molecular flexibility index (Phi) is 5.53. The first-order valence-corrected chi connectivity index (χ1v) is 9.38. The summed E-state index contributed by atoms with van der Waals surface area (Å²) in [6.07, 6.45) is 1.84. The van der Waals surface area contributed by atoms with Gasteiger partial charge >= 0.3 is 5.97 Å². The number of amides is 1. The van der Waals surface area contributed by atoms with Crippen LogP contribution in [0.1, 0.15) is 44.1 Å². The number of carbonyl (C=O) groups excluding carboxylic acids is 1. The van der Waals surface area contributed by atoms with Gasteiger partial charge in [-0.2, -0.15) is 0 Å². The van der Waals surface area contributed by atoms with Gasteiger partial charge in [-0.15, -0.1) is 11.3 Å². The Morgan fingerprint density at radius 2 is 2.12 bits per heavy atom. The van der Waals surface area contributed by atoms with Crippen molar-refractivity contribution in [3.8, 4) is 0 Å². The number of nitrogens with zero attached hydrogens (tertiary/aromatic N) is 2. The van der Waals surface area contributed by atoms with Gasteiger partial charge < -0.3 is 16.2 Å². The van der Waals surface area contributed by atoms with Crippen LogP contribution in [0.25, 0.3) is 0 Å². The molecule has 2 aromatic heterocycles. The van der Waals surface area contributed by atoms with Gasteiger partial charge in [-0.05, 0) is 37.3 Å². The molecule has 138 valence electrons. The molecule has 0 unspecified atom stereocenters. The van der Waals surface area contributed by atoms with Crippen molar-refractivity contribution in [1.29, 1.82) is 0 Å². The van der Waals surface area contributed by atoms with E-state index in [1.54, 1.807) is 18.3 Å². The second-order valence-electron chi connectivity index (χ2n) is 6.46. The van der Waals surface area contributed by atoms with Gasteiger partial charge in [-0.1, -0.05) is 6.07 Å². The van der Waals surface area contributed by atoms with E-state index in [0.29, 0.717) is 11.5 Å². The van der Waals surface area contributed by atoms with Gasteiger partial charge in [-0.3, -0.25) is 9.69 Å². The standard InChI is InChI=1S/C18H22N4O3S/c1-11-14(18(24)25)9-15(16(19)23)17(20-11)21-12-4-6-22(7-5-12)10-13-3-2-8-26-13/h2-3,8-9,12H,4-7,10H2,1H3,(H2,19,23)(H,20,21)(H,24,25). The number of likely N-dealkylation sites (tertiary alicyclic amines) is 1. The molecule has 1 aliphatic rings. The Hall–Kier alpha value is -2.45. The number of rotatable bonds is 6. The Labute approximate surface area is 155 Å². The second kappa shape index (κ2) is 7.84. The van der Waals surface area contributed by atoms with Crippen LogP contribution in [-0.2, 0) is 6.54 Å². The predicted octanol–water partition coefficient (Wildman–Crippen LogP) is 2.33. The molecule has 0 atom stereocenters.